The van der Waals surface area contributed by atoms with Gasteiger partial charge in [0.25, 0.3) is 5.56 Å². The van der Waals surface area contributed by atoms with Crippen LogP contribution in [-0.4, -0.2) is 43.2 Å². The van der Waals surface area contributed by atoms with E-state index in [1.807, 2.05) is 0 Å². The van der Waals surface area contributed by atoms with Gasteiger partial charge < -0.3 is 14.2 Å². The van der Waals surface area contributed by atoms with Gasteiger partial charge in [0, 0.05) is 28.2 Å². The van der Waals surface area contributed by atoms with Crippen molar-refractivity contribution in [1.29, 1.82) is 0 Å². The van der Waals surface area contributed by atoms with Gasteiger partial charge in [-0.05, 0) is 43.7 Å². The third-order valence-electron chi connectivity index (χ3n) is 5.63. The van der Waals surface area contributed by atoms with Crippen molar-refractivity contribution in [3.8, 4) is 28.4 Å². The van der Waals surface area contributed by atoms with Crippen molar-refractivity contribution in [2.45, 2.75) is 19.5 Å². The Kier molecular flexibility index (Phi) is 6.98. The van der Waals surface area contributed by atoms with Crippen molar-refractivity contribution in [3.63, 3.8) is 0 Å². The molecule has 36 heavy (non-hydrogen) atoms. The third-order valence-corrected chi connectivity index (χ3v) is 6.12. The second-order valence-electron chi connectivity index (χ2n) is 7.75. The molecule has 3 aromatic rings. The van der Waals surface area contributed by atoms with Crippen molar-refractivity contribution in [3.05, 3.63) is 62.4 Å². The molecule has 4 rings (SSSR count). The summed E-state index contributed by atoms with van der Waals surface area (Å²) in [7, 11) is 2.91. The Morgan fingerprint density at radius 3 is 2.36 bits per heavy atom. The maximum absolute atomic E-state index is 13.9. The minimum Gasteiger partial charge on any atom is -0.497 e. The summed E-state index contributed by atoms with van der Waals surface area (Å²) in [4.78, 5) is 27.4. The molecule has 0 aliphatic carbocycles. The predicted molar refractivity (Wildman–Crippen MR) is 129 cm³/mol. The van der Waals surface area contributed by atoms with Crippen molar-refractivity contribution in [2.75, 3.05) is 32.3 Å². The van der Waals surface area contributed by atoms with Gasteiger partial charge in [-0.25, -0.2) is 4.79 Å². The molecule has 0 fully saturated rings. The molecule has 0 atom stereocenters. The number of carbonyl (C=O) groups is 1. The molecule has 2 aromatic carbocycles. The average molecular weight is 568 g/mol. The van der Waals surface area contributed by atoms with Crippen LogP contribution in [0.25, 0.3) is 16.9 Å². The number of hydrogen-bond donors (Lipinski definition) is 0. The van der Waals surface area contributed by atoms with E-state index in [9.17, 15) is 22.8 Å². The average Bonchev–Trinajstić information content (AvgIpc) is 3.29. The Bertz CT molecular complexity index is 1370. The number of ether oxygens (including phenoxy) is 3. The summed E-state index contributed by atoms with van der Waals surface area (Å²) in [6.07, 6.45) is -5.29. The first-order valence-corrected chi connectivity index (χ1v) is 11.6. The largest absolute Gasteiger partial charge is 0.497 e. The lowest BCUT2D eigenvalue weighted by Gasteiger charge is -2.20. The summed E-state index contributed by atoms with van der Waals surface area (Å²) in [6.45, 7) is 1.78. The molecule has 0 unspecified atom stereocenters. The number of benzene rings is 2. The number of anilines is 1. The first-order valence-electron chi connectivity index (χ1n) is 10.8. The number of alkyl halides is 3. The van der Waals surface area contributed by atoms with Gasteiger partial charge in [0.2, 0.25) is 0 Å². The molecule has 8 nitrogen and oxygen atoms in total. The molecule has 190 valence electrons. The molecule has 0 saturated carbocycles. The van der Waals surface area contributed by atoms with Gasteiger partial charge >= 0.3 is 12.3 Å². The number of methoxy groups -OCH3 is 2. The summed E-state index contributed by atoms with van der Waals surface area (Å²) in [5, 5.41) is 4.38. The second-order valence-corrected chi connectivity index (χ2v) is 8.67. The van der Waals surface area contributed by atoms with E-state index in [-0.39, 0.29) is 31.0 Å². The number of hydrogen-bond acceptors (Lipinski definition) is 6. The quantitative estimate of drug-likeness (QED) is 0.420. The molecular formula is C24H21BrF3N3O5. The van der Waals surface area contributed by atoms with Gasteiger partial charge in [0.15, 0.2) is 0 Å². The van der Waals surface area contributed by atoms with E-state index in [2.05, 4.69) is 21.0 Å². The van der Waals surface area contributed by atoms with E-state index in [1.54, 1.807) is 25.1 Å². The maximum atomic E-state index is 13.9. The number of fused-ring (bicyclic) bond motifs is 1. The topological polar surface area (TPSA) is 82.9 Å². The van der Waals surface area contributed by atoms with Crippen LogP contribution in [0.3, 0.4) is 0 Å². The smallest absolute Gasteiger partial charge is 0.418 e. The van der Waals surface area contributed by atoms with E-state index in [4.69, 9.17) is 14.2 Å². The van der Waals surface area contributed by atoms with Crippen LogP contribution in [0.4, 0.5) is 23.7 Å². The highest BCUT2D eigenvalue weighted by Gasteiger charge is 2.37. The molecule has 1 aromatic heterocycles. The Labute approximate surface area is 212 Å². The summed E-state index contributed by atoms with van der Waals surface area (Å²) >= 11 is 3.18. The molecule has 0 bridgehead atoms. The van der Waals surface area contributed by atoms with Gasteiger partial charge in [0.05, 0.1) is 37.8 Å². The zero-order chi connectivity index (χ0) is 26.2. The molecule has 1 amide bonds. The molecule has 12 heteroatoms. The molecule has 0 spiro atoms. The molecule has 0 N–H and O–H groups in total. The Hall–Kier alpha value is -3.54. The van der Waals surface area contributed by atoms with E-state index in [0.717, 1.165) is 17.0 Å². The highest BCUT2D eigenvalue weighted by molar-refractivity contribution is 9.10. The molecule has 1 aliphatic heterocycles. The Morgan fingerprint density at radius 2 is 1.78 bits per heavy atom. The lowest BCUT2D eigenvalue weighted by atomic mass is 10.0. The van der Waals surface area contributed by atoms with Crippen molar-refractivity contribution in [1.82, 2.24) is 9.78 Å². The number of amides is 1. The summed E-state index contributed by atoms with van der Waals surface area (Å²) in [5.41, 5.74) is -1.46. The van der Waals surface area contributed by atoms with Gasteiger partial charge in [-0.2, -0.15) is 23.0 Å². The molecule has 1 aliphatic rings. The number of rotatable bonds is 5. The SMILES string of the molecule is CCOC(=O)N1CCc2c(-c3cc(OC)cc(OC)c3)nn(-c3cc(Br)ccc3C(F)(F)F)c(=O)c21. The van der Waals surface area contributed by atoms with Gasteiger partial charge in [-0.3, -0.25) is 9.69 Å². The minimum atomic E-state index is -4.77. The number of aromatic nitrogens is 2. The van der Waals surface area contributed by atoms with Crippen LogP contribution in [0, 0.1) is 0 Å². The second kappa shape index (κ2) is 9.84. The Morgan fingerprint density at radius 1 is 1.11 bits per heavy atom. The summed E-state index contributed by atoms with van der Waals surface area (Å²) < 4.78 is 58.5. The van der Waals surface area contributed by atoms with Crippen LogP contribution in [0.2, 0.25) is 0 Å². The number of carbonyl (C=O) groups excluding carboxylic acids is 1. The zero-order valence-corrected chi connectivity index (χ0v) is 21.1. The first kappa shape index (κ1) is 25.5. The van der Waals surface area contributed by atoms with Gasteiger partial charge in [-0.1, -0.05) is 15.9 Å². The van der Waals surface area contributed by atoms with Crippen LogP contribution < -0.4 is 19.9 Å². The van der Waals surface area contributed by atoms with Crippen molar-refractivity contribution < 1.29 is 32.2 Å². The van der Waals surface area contributed by atoms with E-state index in [1.165, 1.54) is 20.3 Å². The highest BCUT2D eigenvalue weighted by atomic mass is 79.9. The summed E-state index contributed by atoms with van der Waals surface area (Å²) in [5.74, 6) is 0.827. The Balaban J connectivity index is 2.08. The molecule has 2 heterocycles. The van der Waals surface area contributed by atoms with Crippen LogP contribution in [0.15, 0.2) is 45.7 Å². The zero-order valence-electron chi connectivity index (χ0n) is 19.5. The summed E-state index contributed by atoms with van der Waals surface area (Å²) in [6, 6.07) is 8.11. The lowest BCUT2D eigenvalue weighted by molar-refractivity contribution is -0.137. The third kappa shape index (κ3) is 4.64. The minimum absolute atomic E-state index is 0.0632. The number of nitrogens with zero attached hydrogens (tertiary/aromatic N) is 3. The monoisotopic (exact) mass is 567 g/mol. The van der Waals surface area contributed by atoms with Gasteiger partial charge in [0.1, 0.15) is 17.2 Å². The van der Waals surface area contributed by atoms with Crippen LogP contribution >= 0.6 is 15.9 Å². The van der Waals surface area contributed by atoms with Crippen LogP contribution in [-0.2, 0) is 17.3 Å². The predicted octanol–water partition coefficient (Wildman–Crippen LogP) is 5.22. The van der Waals surface area contributed by atoms with Crippen LogP contribution in [0.5, 0.6) is 11.5 Å². The first-order chi connectivity index (χ1) is 17.1. The van der Waals surface area contributed by atoms with E-state index < -0.39 is 29.1 Å². The van der Waals surface area contributed by atoms with Crippen molar-refractivity contribution >= 4 is 27.7 Å². The fourth-order valence-electron chi connectivity index (χ4n) is 4.04. The van der Waals surface area contributed by atoms with Crippen LogP contribution in [0.1, 0.15) is 18.1 Å². The molecule has 0 saturated heterocycles. The number of halogens is 4. The normalized spacial score (nSPS) is 12.9. The molecule has 0 radical (unpaired) electrons. The highest BCUT2D eigenvalue weighted by Crippen LogP contribution is 2.39. The van der Waals surface area contributed by atoms with E-state index in [0.29, 0.717) is 31.8 Å². The molecular weight excluding hydrogens is 547 g/mol. The standard InChI is InChI=1S/C24H21BrF3N3O5/c1-4-36-23(33)30-8-7-17-20(13-9-15(34-2)12-16(10-13)35-3)29-31(22(32)21(17)30)19-11-14(25)5-6-18(19)24(26,27)28/h5-6,9-12H,4,7-8H2,1-3H3. The van der Waals surface area contributed by atoms with E-state index >= 15 is 0 Å². The lowest BCUT2D eigenvalue weighted by Crippen LogP contribution is -2.36. The fraction of sp³-hybridized carbons (Fsp3) is 0.292. The maximum Gasteiger partial charge on any atom is 0.418 e. The van der Waals surface area contributed by atoms with Gasteiger partial charge in [-0.15, -0.1) is 0 Å². The fourth-order valence-corrected chi connectivity index (χ4v) is 4.39. The van der Waals surface area contributed by atoms with Crippen molar-refractivity contribution in [2.24, 2.45) is 0 Å².